The topological polar surface area (TPSA) is 151 Å². The number of amides is 5. The third-order valence-corrected chi connectivity index (χ3v) is 9.93. The monoisotopic (exact) mass is 583 g/mol. The lowest BCUT2D eigenvalue weighted by atomic mass is 9.85. The molecule has 0 bridgehead atoms. The lowest BCUT2D eigenvalue weighted by molar-refractivity contribution is -0.146. The summed E-state index contributed by atoms with van der Waals surface area (Å²) in [4.78, 5) is 67.2. The fraction of sp³-hybridized carbons (Fsp3) is 0.645. The minimum atomic E-state index is -1.04. The van der Waals surface area contributed by atoms with E-state index in [4.69, 9.17) is 5.73 Å². The number of nitrogens with zero attached hydrogens (tertiary/aromatic N) is 1. The maximum Gasteiger partial charge on any atom is 0.246 e. The van der Waals surface area contributed by atoms with Gasteiger partial charge in [-0.1, -0.05) is 46.8 Å². The van der Waals surface area contributed by atoms with Gasteiger partial charge in [0.2, 0.25) is 29.5 Å². The molecule has 0 radical (unpaired) electrons. The quantitative estimate of drug-likeness (QED) is 0.347. The van der Waals surface area contributed by atoms with Crippen molar-refractivity contribution in [3.05, 3.63) is 35.6 Å². The van der Waals surface area contributed by atoms with Crippen LogP contribution in [0.3, 0.4) is 0 Å². The maximum atomic E-state index is 14.1. The van der Waals surface area contributed by atoms with Crippen LogP contribution >= 0.6 is 0 Å². The Hall–Kier alpha value is -3.50. The van der Waals surface area contributed by atoms with Gasteiger partial charge in [0.15, 0.2) is 0 Å². The molecule has 4 fully saturated rings. The van der Waals surface area contributed by atoms with Crippen molar-refractivity contribution in [1.82, 2.24) is 20.9 Å². The van der Waals surface area contributed by atoms with Crippen molar-refractivity contribution >= 4 is 29.5 Å². The van der Waals surface area contributed by atoms with Crippen molar-refractivity contribution in [3.63, 3.8) is 0 Å². The summed E-state index contributed by atoms with van der Waals surface area (Å²) in [7, 11) is 0. The first-order valence-electron chi connectivity index (χ1n) is 14.8. The molecule has 5 amide bonds. The third kappa shape index (κ3) is 5.62. The molecule has 2 saturated carbocycles. The van der Waals surface area contributed by atoms with E-state index in [1.54, 1.807) is 17.0 Å². The van der Waals surface area contributed by atoms with Crippen LogP contribution < -0.4 is 21.7 Å². The van der Waals surface area contributed by atoms with Crippen LogP contribution in [-0.2, 0) is 24.0 Å². The van der Waals surface area contributed by atoms with Crippen molar-refractivity contribution in [2.45, 2.75) is 77.9 Å². The summed E-state index contributed by atoms with van der Waals surface area (Å²) in [6, 6.07) is 3.36. The summed E-state index contributed by atoms with van der Waals surface area (Å²) >= 11 is 0. The molecule has 1 aromatic rings. The maximum absolute atomic E-state index is 14.1. The van der Waals surface area contributed by atoms with E-state index in [0.717, 1.165) is 5.56 Å². The number of carbonyl (C=O) groups is 5. The number of nitrogens with two attached hydrogens (primary N) is 1. The van der Waals surface area contributed by atoms with Crippen molar-refractivity contribution in [2.75, 3.05) is 13.1 Å². The fourth-order valence-corrected chi connectivity index (χ4v) is 7.10. The van der Waals surface area contributed by atoms with Crippen molar-refractivity contribution in [1.29, 1.82) is 0 Å². The fourth-order valence-electron chi connectivity index (χ4n) is 7.10. The van der Waals surface area contributed by atoms with E-state index in [2.05, 4.69) is 29.8 Å². The molecule has 2 heterocycles. The van der Waals surface area contributed by atoms with Crippen LogP contribution in [0.25, 0.3) is 0 Å². The standard InChI is InChI=1S/C31H42FN5O5/c1-30(2,3)24(36-27(40)19-13-18(19)15-6-8-17(32)9-7-15)29(42)37-14-20-22(31(20,4)5)23(37)28(41)35-21(25(33)38)12-16-10-11-34-26(16)39/h6-9,16,18-24H,10-14H2,1-5H3,(H2,33,38)(H,34,39)(H,35,41)(H,36,40)/t16-,18?,19?,20-,21-,22-,23-,24+/m0/s1. The molecule has 5 N–H and O–H groups in total. The Morgan fingerprint density at radius 1 is 1.12 bits per heavy atom. The van der Waals surface area contributed by atoms with E-state index in [-0.39, 0.29) is 59.0 Å². The molecule has 0 spiro atoms. The van der Waals surface area contributed by atoms with E-state index in [1.165, 1.54) is 12.1 Å². The van der Waals surface area contributed by atoms with Gasteiger partial charge in [0.1, 0.15) is 23.9 Å². The van der Waals surface area contributed by atoms with E-state index in [0.29, 0.717) is 25.9 Å². The third-order valence-electron chi connectivity index (χ3n) is 9.93. The van der Waals surface area contributed by atoms with Crippen LogP contribution in [0.1, 0.15) is 65.4 Å². The second kappa shape index (κ2) is 10.6. The first kappa shape index (κ1) is 30.0. The Balaban J connectivity index is 1.31. The number of nitrogens with one attached hydrogen (secondary N) is 3. The molecule has 2 unspecified atom stereocenters. The van der Waals surface area contributed by atoms with E-state index >= 15 is 0 Å². The normalized spacial score (nSPS) is 30.5. The number of hydrogen-bond donors (Lipinski definition) is 4. The highest BCUT2D eigenvalue weighted by molar-refractivity contribution is 5.96. The zero-order valence-corrected chi connectivity index (χ0v) is 24.9. The summed E-state index contributed by atoms with van der Waals surface area (Å²) in [6.07, 6.45) is 1.27. The molecular weight excluding hydrogens is 541 g/mol. The molecule has 10 nitrogen and oxygen atoms in total. The smallest absolute Gasteiger partial charge is 0.246 e. The molecule has 1 aromatic carbocycles. The number of fused-ring (bicyclic) bond motifs is 1. The van der Waals surface area contributed by atoms with E-state index in [9.17, 15) is 28.4 Å². The van der Waals surface area contributed by atoms with Gasteiger partial charge < -0.3 is 26.6 Å². The Morgan fingerprint density at radius 2 is 1.79 bits per heavy atom. The Labute approximate surface area is 245 Å². The molecule has 5 rings (SSSR count). The minimum absolute atomic E-state index is 0.0345. The zero-order valence-electron chi connectivity index (χ0n) is 24.9. The number of halogens is 1. The highest BCUT2D eigenvalue weighted by atomic mass is 19.1. The van der Waals surface area contributed by atoms with Gasteiger partial charge in [0.05, 0.1) is 0 Å². The number of piperidine rings is 1. The van der Waals surface area contributed by atoms with Gasteiger partial charge in [-0.05, 0) is 65.5 Å². The molecule has 228 valence electrons. The summed E-state index contributed by atoms with van der Waals surface area (Å²) < 4.78 is 13.4. The SMILES string of the molecule is CC(C)(C)[C@H](NC(=O)C1CC1c1ccc(F)cc1)C(=O)N1C[C@H]2[C@@H]([C@H]1C(=O)N[C@@H](C[C@@H]1CCNC1=O)C(N)=O)C2(C)C. The van der Waals surface area contributed by atoms with Gasteiger partial charge in [0.25, 0.3) is 0 Å². The summed E-state index contributed by atoms with van der Waals surface area (Å²) in [5.74, 6) is -3.07. The van der Waals surface area contributed by atoms with Crippen LogP contribution in [-0.4, -0.2) is 65.7 Å². The predicted octanol–water partition coefficient (Wildman–Crippen LogP) is 1.44. The number of carbonyl (C=O) groups excluding carboxylic acids is 5. The molecule has 2 aliphatic heterocycles. The van der Waals surface area contributed by atoms with Gasteiger partial charge in [-0.2, -0.15) is 0 Å². The number of rotatable bonds is 9. The van der Waals surface area contributed by atoms with Crippen LogP contribution in [0.4, 0.5) is 4.39 Å². The van der Waals surface area contributed by atoms with Crippen molar-refractivity contribution in [3.8, 4) is 0 Å². The van der Waals surface area contributed by atoms with Gasteiger partial charge in [-0.25, -0.2) is 4.39 Å². The van der Waals surface area contributed by atoms with Crippen LogP contribution in [0.5, 0.6) is 0 Å². The number of benzene rings is 1. The second-order valence-electron chi connectivity index (χ2n) is 14.2. The second-order valence-corrected chi connectivity index (χ2v) is 14.2. The Kier molecular flexibility index (Phi) is 7.60. The summed E-state index contributed by atoms with van der Waals surface area (Å²) in [5, 5.41) is 8.46. The number of primary amides is 1. The lowest BCUT2D eigenvalue weighted by Gasteiger charge is -2.38. The van der Waals surface area contributed by atoms with Crippen molar-refractivity contribution in [2.24, 2.45) is 40.2 Å². The van der Waals surface area contributed by atoms with E-state index in [1.807, 2.05) is 20.8 Å². The molecular formula is C31H42FN5O5. The Morgan fingerprint density at radius 3 is 2.36 bits per heavy atom. The Bertz CT molecular complexity index is 1290. The molecule has 42 heavy (non-hydrogen) atoms. The first-order chi connectivity index (χ1) is 19.6. The van der Waals surface area contributed by atoms with Gasteiger partial charge >= 0.3 is 0 Å². The predicted molar refractivity (Wildman–Crippen MR) is 152 cm³/mol. The highest BCUT2D eigenvalue weighted by Gasteiger charge is 2.70. The largest absolute Gasteiger partial charge is 0.368 e. The molecule has 4 aliphatic rings. The lowest BCUT2D eigenvalue weighted by Crippen LogP contribution is -2.60. The van der Waals surface area contributed by atoms with Crippen LogP contribution in [0.2, 0.25) is 0 Å². The van der Waals surface area contributed by atoms with Crippen LogP contribution in [0.15, 0.2) is 24.3 Å². The van der Waals surface area contributed by atoms with Gasteiger partial charge in [-0.15, -0.1) is 0 Å². The van der Waals surface area contributed by atoms with Gasteiger partial charge in [0, 0.05) is 24.9 Å². The van der Waals surface area contributed by atoms with Gasteiger partial charge in [-0.3, -0.25) is 24.0 Å². The average molecular weight is 584 g/mol. The highest BCUT2D eigenvalue weighted by Crippen LogP contribution is 2.65. The molecule has 2 aliphatic carbocycles. The number of hydrogen-bond acceptors (Lipinski definition) is 5. The molecule has 0 aromatic heterocycles. The van der Waals surface area contributed by atoms with Crippen molar-refractivity contribution < 1.29 is 28.4 Å². The minimum Gasteiger partial charge on any atom is -0.368 e. The average Bonchev–Trinajstić information content (AvgIpc) is 3.65. The summed E-state index contributed by atoms with van der Waals surface area (Å²) in [6.45, 7) is 10.6. The zero-order chi connectivity index (χ0) is 30.7. The molecule has 11 heteroatoms. The summed E-state index contributed by atoms with van der Waals surface area (Å²) in [5.41, 5.74) is 5.69. The van der Waals surface area contributed by atoms with Crippen LogP contribution in [0, 0.1) is 40.3 Å². The van der Waals surface area contributed by atoms with E-state index < -0.39 is 41.3 Å². The molecule has 2 saturated heterocycles. The molecule has 8 atom stereocenters. The first-order valence-corrected chi connectivity index (χ1v) is 14.8. The number of likely N-dealkylation sites (tertiary alicyclic amines) is 1.